The number of hydrogen-bond acceptors (Lipinski definition) is 3. The molecular weight excluding hydrogens is 138 g/mol. The van der Waals surface area contributed by atoms with E-state index in [0.717, 1.165) is 13.0 Å². The number of nitrogens with two attached hydrogens (primary N) is 1. The van der Waals surface area contributed by atoms with Gasteiger partial charge in [0.05, 0.1) is 0 Å². The third kappa shape index (κ3) is 5.18. The van der Waals surface area contributed by atoms with Crippen LogP contribution in [0, 0.1) is 0 Å². The van der Waals surface area contributed by atoms with E-state index in [1.165, 1.54) is 0 Å². The smallest absolute Gasteiger partial charge is 0.0194 e. The van der Waals surface area contributed by atoms with Gasteiger partial charge in [0.2, 0.25) is 0 Å². The minimum atomic E-state index is 0.413. The topological polar surface area (TPSA) is 41.3 Å². The van der Waals surface area contributed by atoms with Crippen LogP contribution in [0.25, 0.3) is 0 Å². The summed E-state index contributed by atoms with van der Waals surface area (Å²) < 4.78 is 0. The van der Waals surface area contributed by atoms with Crippen LogP contribution in [0.2, 0.25) is 0 Å². The molecule has 0 saturated heterocycles. The maximum Gasteiger partial charge on any atom is 0.0194 e. The highest BCUT2D eigenvalue weighted by molar-refractivity contribution is 4.62. The molecule has 0 aromatic heterocycles. The van der Waals surface area contributed by atoms with E-state index in [1.807, 2.05) is 0 Å². The van der Waals surface area contributed by atoms with Crippen molar-refractivity contribution in [3.8, 4) is 0 Å². The average molecular weight is 159 g/mol. The van der Waals surface area contributed by atoms with Crippen LogP contribution >= 0.6 is 0 Å². The van der Waals surface area contributed by atoms with Gasteiger partial charge >= 0.3 is 0 Å². The zero-order chi connectivity index (χ0) is 8.85. The van der Waals surface area contributed by atoms with E-state index >= 15 is 0 Å². The van der Waals surface area contributed by atoms with E-state index in [9.17, 15) is 0 Å². The van der Waals surface area contributed by atoms with Crippen molar-refractivity contribution in [1.82, 2.24) is 10.3 Å². The van der Waals surface area contributed by atoms with Gasteiger partial charge in [-0.1, -0.05) is 0 Å². The van der Waals surface area contributed by atoms with Gasteiger partial charge < -0.3 is 4.90 Å². The van der Waals surface area contributed by atoms with Crippen molar-refractivity contribution >= 4 is 0 Å². The first-order valence-electron chi connectivity index (χ1n) is 4.24. The van der Waals surface area contributed by atoms with Gasteiger partial charge in [-0.3, -0.25) is 11.3 Å². The Hall–Kier alpha value is -0.120. The van der Waals surface area contributed by atoms with Crippen molar-refractivity contribution in [2.75, 3.05) is 13.6 Å². The molecule has 0 bridgehead atoms. The summed E-state index contributed by atoms with van der Waals surface area (Å²) in [6.07, 6.45) is 1.10. The summed E-state index contributed by atoms with van der Waals surface area (Å²) in [6.45, 7) is 7.58. The second-order valence-corrected chi connectivity index (χ2v) is 3.43. The zero-order valence-electron chi connectivity index (χ0n) is 8.09. The molecule has 0 radical (unpaired) electrons. The van der Waals surface area contributed by atoms with E-state index < -0.39 is 0 Å². The number of rotatable bonds is 5. The molecule has 0 aromatic rings. The quantitative estimate of drug-likeness (QED) is 0.455. The zero-order valence-corrected chi connectivity index (χ0v) is 8.09. The highest BCUT2D eigenvalue weighted by Gasteiger charge is 2.04. The molecule has 3 N–H and O–H groups in total. The minimum absolute atomic E-state index is 0.413. The number of nitrogens with zero attached hydrogens (tertiary/aromatic N) is 1. The second kappa shape index (κ2) is 5.52. The molecule has 0 amide bonds. The third-order valence-corrected chi connectivity index (χ3v) is 2.08. The summed E-state index contributed by atoms with van der Waals surface area (Å²) >= 11 is 0. The summed E-state index contributed by atoms with van der Waals surface area (Å²) in [5.74, 6) is 5.27. The molecular formula is C8H21N3. The molecule has 0 aliphatic carbocycles. The van der Waals surface area contributed by atoms with Crippen LogP contribution in [-0.4, -0.2) is 30.6 Å². The highest BCUT2D eigenvalue weighted by atomic mass is 15.2. The molecule has 0 heterocycles. The van der Waals surface area contributed by atoms with Crippen molar-refractivity contribution in [1.29, 1.82) is 0 Å². The molecule has 0 saturated carbocycles. The van der Waals surface area contributed by atoms with Crippen molar-refractivity contribution in [2.45, 2.75) is 39.3 Å². The van der Waals surface area contributed by atoms with Gasteiger partial charge in [0.25, 0.3) is 0 Å². The molecule has 0 aliphatic rings. The van der Waals surface area contributed by atoms with E-state index in [-0.39, 0.29) is 0 Å². The molecule has 0 aromatic carbocycles. The van der Waals surface area contributed by atoms with E-state index in [4.69, 9.17) is 5.84 Å². The van der Waals surface area contributed by atoms with Gasteiger partial charge in [0, 0.05) is 12.1 Å². The highest BCUT2D eigenvalue weighted by Crippen LogP contribution is 1.97. The fourth-order valence-corrected chi connectivity index (χ4v) is 0.739. The number of nitrogens with one attached hydrogen (secondary N) is 1. The predicted molar refractivity (Wildman–Crippen MR) is 49.2 cm³/mol. The second-order valence-electron chi connectivity index (χ2n) is 3.43. The molecule has 0 aliphatic heterocycles. The molecule has 0 rings (SSSR count). The summed E-state index contributed by atoms with van der Waals surface area (Å²) in [6, 6.07) is 1.04. The Bertz CT molecular complexity index is 93.3. The normalized spacial score (nSPS) is 14.5. The molecule has 1 atom stereocenters. The lowest BCUT2D eigenvalue weighted by Gasteiger charge is -2.22. The Labute approximate surface area is 69.9 Å². The van der Waals surface area contributed by atoms with Gasteiger partial charge in [0.1, 0.15) is 0 Å². The maximum atomic E-state index is 5.27. The van der Waals surface area contributed by atoms with E-state index in [2.05, 4.69) is 38.1 Å². The summed E-state index contributed by atoms with van der Waals surface area (Å²) in [5, 5.41) is 0. The van der Waals surface area contributed by atoms with Crippen LogP contribution in [-0.2, 0) is 0 Å². The molecule has 3 heteroatoms. The molecule has 0 fully saturated rings. The first kappa shape index (κ1) is 10.9. The van der Waals surface area contributed by atoms with Gasteiger partial charge in [-0.25, -0.2) is 0 Å². The SMILES string of the molecule is CC(CCN(C)C(C)C)NN. The van der Waals surface area contributed by atoms with Crippen molar-refractivity contribution in [2.24, 2.45) is 5.84 Å². The summed E-state index contributed by atoms with van der Waals surface area (Å²) in [7, 11) is 2.13. The van der Waals surface area contributed by atoms with E-state index in [0.29, 0.717) is 12.1 Å². The fraction of sp³-hybridized carbons (Fsp3) is 1.00. The monoisotopic (exact) mass is 159 g/mol. The largest absolute Gasteiger partial charge is 0.304 e. The Kier molecular flexibility index (Phi) is 5.46. The van der Waals surface area contributed by atoms with Gasteiger partial charge in [-0.2, -0.15) is 0 Å². The molecule has 3 nitrogen and oxygen atoms in total. The minimum Gasteiger partial charge on any atom is -0.304 e. The Balaban J connectivity index is 3.37. The first-order chi connectivity index (χ1) is 5.07. The Morgan fingerprint density at radius 1 is 1.36 bits per heavy atom. The van der Waals surface area contributed by atoms with Crippen LogP contribution < -0.4 is 11.3 Å². The van der Waals surface area contributed by atoms with Crippen LogP contribution in [0.1, 0.15) is 27.2 Å². The lowest BCUT2D eigenvalue weighted by molar-refractivity contribution is 0.259. The summed E-state index contributed by atoms with van der Waals surface area (Å²) in [4.78, 5) is 2.31. The van der Waals surface area contributed by atoms with Crippen LogP contribution in [0.3, 0.4) is 0 Å². The lowest BCUT2D eigenvalue weighted by atomic mass is 10.2. The van der Waals surface area contributed by atoms with Gasteiger partial charge in [-0.05, 0) is 40.8 Å². The van der Waals surface area contributed by atoms with Crippen molar-refractivity contribution in [3.63, 3.8) is 0 Å². The summed E-state index contributed by atoms with van der Waals surface area (Å²) in [5.41, 5.74) is 2.73. The van der Waals surface area contributed by atoms with Gasteiger partial charge in [-0.15, -0.1) is 0 Å². The third-order valence-electron chi connectivity index (χ3n) is 2.08. The molecule has 11 heavy (non-hydrogen) atoms. The van der Waals surface area contributed by atoms with Crippen LogP contribution in [0.4, 0.5) is 0 Å². The molecule has 68 valence electrons. The van der Waals surface area contributed by atoms with E-state index in [1.54, 1.807) is 0 Å². The van der Waals surface area contributed by atoms with Crippen molar-refractivity contribution < 1.29 is 0 Å². The standard InChI is InChI=1S/C8H21N3/c1-7(2)11(4)6-5-8(3)10-9/h7-8,10H,5-6,9H2,1-4H3. The fourth-order valence-electron chi connectivity index (χ4n) is 0.739. The maximum absolute atomic E-state index is 5.27. The first-order valence-corrected chi connectivity index (χ1v) is 4.24. The Morgan fingerprint density at radius 2 is 1.91 bits per heavy atom. The van der Waals surface area contributed by atoms with Crippen molar-refractivity contribution in [3.05, 3.63) is 0 Å². The van der Waals surface area contributed by atoms with Gasteiger partial charge in [0.15, 0.2) is 0 Å². The number of hydrazine groups is 1. The lowest BCUT2D eigenvalue weighted by Crippen LogP contribution is -2.36. The molecule has 0 spiro atoms. The van der Waals surface area contributed by atoms with Crippen LogP contribution in [0.5, 0.6) is 0 Å². The Morgan fingerprint density at radius 3 is 2.27 bits per heavy atom. The van der Waals surface area contributed by atoms with Crippen LogP contribution in [0.15, 0.2) is 0 Å². The number of hydrogen-bond donors (Lipinski definition) is 2. The molecule has 1 unspecified atom stereocenters. The average Bonchev–Trinajstić information content (AvgIpc) is 1.99. The predicted octanol–water partition coefficient (Wildman–Crippen LogP) is 0.569.